The van der Waals surface area contributed by atoms with Crippen molar-refractivity contribution in [1.29, 1.82) is 0 Å². The molecule has 3 nitrogen and oxygen atoms in total. The lowest BCUT2D eigenvalue weighted by Gasteiger charge is -2.05. The topological polar surface area (TPSA) is 42.0 Å². The number of carbonyl (C=O) groups is 1. The highest BCUT2D eigenvalue weighted by Gasteiger charge is 2.04. The Kier molecular flexibility index (Phi) is 5.30. The Morgan fingerprint density at radius 2 is 1.95 bits per heavy atom. The van der Waals surface area contributed by atoms with E-state index in [0.717, 1.165) is 18.5 Å². The monoisotopic (exact) mass is 288 g/mol. The minimum absolute atomic E-state index is 0.118. The van der Waals surface area contributed by atoms with Crippen molar-refractivity contribution in [2.45, 2.75) is 33.1 Å². The quantitative estimate of drug-likeness (QED) is 0.887. The second-order valence-corrected chi connectivity index (χ2v) is 5.89. The van der Waals surface area contributed by atoms with Gasteiger partial charge in [0.05, 0.1) is 11.2 Å². The third-order valence-electron chi connectivity index (χ3n) is 3.28. The van der Waals surface area contributed by atoms with Crippen LogP contribution >= 0.6 is 11.3 Å². The average molecular weight is 288 g/mol. The molecule has 0 atom stereocenters. The van der Waals surface area contributed by atoms with Crippen LogP contribution in [0.1, 0.15) is 28.1 Å². The summed E-state index contributed by atoms with van der Waals surface area (Å²) in [6, 6.07) is 8.34. The molecule has 4 heteroatoms. The van der Waals surface area contributed by atoms with E-state index < -0.39 is 0 Å². The lowest BCUT2D eigenvalue weighted by Crippen LogP contribution is -2.25. The summed E-state index contributed by atoms with van der Waals surface area (Å²) in [5, 5.41) is 2.97. The first-order valence-electron chi connectivity index (χ1n) is 6.86. The molecule has 2 aromatic rings. The van der Waals surface area contributed by atoms with Crippen molar-refractivity contribution in [2.24, 2.45) is 0 Å². The van der Waals surface area contributed by atoms with Crippen LogP contribution in [0.15, 0.2) is 29.8 Å². The first-order valence-corrected chi connectivity index (χ1v) is 7.74. The van der Waals surface area contributed by atoms with Gasteiger partial charge < -0.3 is 5.32 Å². The molecule has 0 saturated heterocycles. The van der Waals surface area contributed by atoms with Gasteiger partial charge in [0.2, 0.25) is 5.91 Å². The zero-order valence-corrected chi connectivity index (χ0v) is 12.8. The van der Waals surface area contributed by atoms with E-state index in [1.54, 1.807) is 11.3 Å². The molecule has 2 rings (SSSR count). The van der Waals surface area contributed by atoms with Crippen LogP contribution in [-0.2, 0) is 17.6 Å². The van der Waals surface area contributed by atoms with Crippen LogP contribution in [0.2, 0.25) is 0 Å². The number of nitrogens with zero attached hydrogens (tertiary/aromatic N) is 1. The summed E-state index contributed by atoms with van der Waals surface area (Å²) in [6.07, 6.45) is 2.21. The average Bonchev–Trinajstić information content (AvgIpc) is 2.84. The molecular weight excluding hydrogens is 268 g/mol. The van der Waals surface area contributed by atoms with E-state index in [1.165, 1.54) is 16.0 Å². The largest absolute Gasteiger partial charge is 0.356 e. The zero-order valence-electron chi connectivity index (χ0n) is 12.0. The zero-order chi connectivity index (χ0) is 14.4. The maximum absolute atomic E-state index is 11.8. The van der Waals surface area contributed by atoms with E-state index in [9.17, 15) is 4.79 Å². The smallest absolute Gasteiger partial charge is 0.220 e. The van der Waals surface area contributed by atoms with Crippen LogP contribution in [0.5, 0.6) is 0 Å². The third kappa shape index (κ3) is 4.46. The van der Waals surface area contributed by atoms with Gasteiger partial charge in [0, 0.05) is 24.3 Å². The summed E-state index contributed by atoms with van der Waals surface area (Å²) < 4.78 is 0. The fraction of sp³-hybridized carbons (Fsp3) is 0.375. The highest BCUT2D eigenvalue weighted by atomic mass is 32.1. The normalized spacial score (nSPS) is 10.5. The molecule has 0 aliphatic carbocycles. The molecule has 106 valence electrons. The van der Waals surface area contributed by atoms with Crippen molar-refractivity contribution >= 4 is 17.2 Å². The van der Waals surface area contributed by atoms with E-state index in [4.69, 9.17) is 0 Å². The molecule has 1 aromatic heterocycles. The second-order valence-electron chi connectivity index (χ2n) is 4.95. The molecule has 20 heavy (non-hydrogen) atoms. The summed E-state index contributed by atoms with van der Waals surface area (Å²) in [6.45, 7) is 4.76. The Morgan fingerprint density at radius 1 is 1.20 bits per heavy atom. The van der Waals surface area contributed by atoms with Gasteiger partial charge in [-0.25, -0.2) is 4.98 Å². The predicted octanol–water partition coefficient (Wildman–Crippen LogP) is 3.05. The van der Waals surface area contributed by atoms with Crippen molar-refractivity contribution in [2.75, 3.05) is 6.54 Å². The minimum Gasteiger partial charge on any atom is -0.356 e. The van der Waals surface area contributed by atoms with Gasteiger partial charge in [-0.2, -0.15) is 0 Å². The number of aromatic nitrogens is 1. The summed E-state index contributed by atoms with van der Waals surface area (Å²) >= 11 is 1.65. The van der Waals surface area contributed by atoms with Crippen molar-refractivity contribution in [3.05, 3.63) is 51.5 Å². The number of benzene rings is 1. The van der Waals surface area contributed by atoms with Crippen LogP contribution in [0.25, 0.3) is 0 Å². The van der Waals surface area contributed by atoms with Crippen molar-refractivity contribution in [3.63, 3.8) is 0 Å². The SMILES string of the molecule is Cc1ccc(CCC(=O)NCCc2scnc2C)cc1. The van der Waals surface area contributed by atoms with Gasteiger partial charge in [-0.3, -0.25) is 4.79 Å². The van der Waals surface area contributed by atoms with Crippen LogP contribution in [0, 0.1) is 13.8 Å². The number of hydrogen-bond acceptors (Lipinski definition) is 3. The number of hydrogen-bond donors (Lipinski definition) is 1. The van der Waals surface area contributed by atoms with Gasteiger partial charge in [0.1, 0.15) is 0 Å². The summed E-state index contributed by atoms with van der Waals surface area (Å²) in [5.74, 6) is 0.118. The van der Waals surface area contributed by atoms with Crippen molar-refractivity contribution < 1.29 is 4.79 Å². The number of carbonyl (C=O) groups excluding carboxylic acids is 1. The Bertz CT molecular complexity index is 560. The molecule has 0 spiro atoms. The number of aryl methyl sites for hydroxylation is 3. The summed E-state index contributed by atoms with van der Waals surface area (Å²) in [7, 11) is 0. The molecular formula is C16H20N2OS. The summed E-state index contributed by atoms with van der Waals surface area (Å²) in [4.78, 5) is 17.2. The second kappa shape index (κ2) is 7.20. The van der Waals surface area contributed by atoms with Crippen LogP contribution in [0.4, 0.5) is 0 Å². The number of amides is 1. The molecule has 0 bridgehead atoms. The molecule has 0 unspecified atom stereocenters. The van der Waals surface area contributed by atoms with Gasteiger partial charge in [0.15, 0.2) is 0 Å². The van der Waals surface area contributed by atoms with E-state index in [1.807, 2.05) is 12.4 Å². The Hall–Kier alpha value is -1.68. The summed E-state index contributed by atoms with van der Waals surface area (Å²) in [5.41, 5.74) is 5.38. The van der Waals surface area contributed by atoms with Gasteiger partial charge in [0.25, 0.3) is 0 Å². The molecule has 0 fully saturated rings. The number of thiazole rings is 1. The maximum Gasteiger partial charge on any atom is 0.220 e. The Labute approximate surface area is 124 Å². The molecule has 0 aliphatic heterocycles. The van der Waals surface area contributed by atoms with E-state index in [-0.39, 0.29) is 5.91 Å². The van der Waals surface area contributed by atoms with Crippen LogP contribution in [0.3, 0.4) is 0 Å². The van der Waals surface area contributed by atoms with Gasteiger partial charge in [-0.1, -0.05) is 29.8 Å². The first kappa shape index (κ1) is 14.7. The molecule has 0 radical (unpaired) electrons. The Morgan fingerprint density at radius 3 is 2.60 bits per heavy atom. The van der Waals surface area contributed by atoms with E-state index in [2.05, 4.69) is 41.5 Å². The molecule has 1 heterocycles. The molecule has 0 aliphatic rings. The number of nitrogens with one attached hydrogen (secondary N) is 1. The number of rotatable bonds is 6. The fourth-order valence-electron chi connectivity index (χ4n) is 1.98. The van der Waals surface area contributed by atoms with Gasteiger partial charge in [-0.15, -0.1) is 11.3 Å². The minimum atomic E-state index is 0.118. The first-order chi connectivity index (χ1) is 9.65. The highest BCUT2D eigenvalue weighted by molar-refractivity contribution is 7.09. The van der Waals surface area contributed by atoms with Crippen LogP contribution < -0.4 is 5.32 Å². The van der Waals surface area contributed by atoms with E-state index >= 15 is 0 Å². The van der Waals surface area contributed by atoms with Crippen LogP contribution in [-0.4, -0.2) is 17.4 Å². The molecule has 1 aromatic carbocycles. The van der Waals surface area contributed by atoms with Gasteiger partial charge >= 0.3 is 0 Å². The molecule has 1 N–H and O–H groups in total. The molecule has 1 amide bonds. The third-order valence-corrected chi connectivity index (χ3v) is 4.28. The van der Waals surface area contributed by atoms with Crippen molar-refractivity contribution in [1.82, 2.24) is 10.3 Å². The standard InChI is InChI=1S/C16H20N2OS/c1-12-3-5-14(6-4-12)7-8-16(19)17-10-9-15-13(2)18-11-20-15/h3-6,11H,7-10H2,1-2H3,(H,17,19). The molecule has 0 saturated carbocycles. The lowest BCUT2D eigenvalue weighted by atomic mass is 10.1. The highest BCUT2D eigenvalue weighted by Crippen LogP contribution is 2.12. The Balaban J connectivity index is 1.68. The van der Waals surface area contributed by atoms with Crippen molar-refractivity contribution in [3.8, 4) is 0 Å². The van der Waals surface area contributed by atoms with Gasteiger partial charge in [-0.05, 0) is 25.8 Å². The predicted molar refractivity (Wildman–Crippen MR) is 83.1 cm³/mol. The lowest BCUT2D eigenvalue weighted by molar-refractivity contribution is -0.121. The maximum atomic E-state index is 11.8. The fourth-order valence-corrected chi connectivity index (χ4v) is 2.76. The van der Waals surface area contributed by atoms with E-state index in [0.29, 0.717) is 13.0 Å².